The molecule has 2 heterocycles. The molecule has 156 valence electrons. The second-order valence-corrected chi connectivity index (χ2v) is 10.6. The fourth-order valence-corrected chi connectivity index (χ4v) is 6.21. The molecule has 0 aliphatic carbocycles. The monoisotopic (exact) mass is 512 g/mol. The smallest absolute Gasteiger partial charge is 0.268 e. The summed E-state index contributed by atoms with van der Waals surface area (Å²) < 4.78 is 29.8. The standard InChI is InChI=1S/C24H18BrClN2O2S/c1-15-19-5-2-3-8-22(19)28(31(29,30)18-11-9-17(25)10-12-18)23(15)13-16-14-27-24-20(16)6-4-7-21(24)26/h2-12,14,27H,13H2,1H3. The van der Waals surface area contributed by atoms with Crippen molar-refractivity contribution in [2.75, 3.05) is 0 Å². The molecule has 7 heteroatoms. The lowest BCUT2D eigenvalue weighted by Crippen LogP contribution is -2.16. The number of aromatic nitrogens is 2. The van der Waals surface area contributed by atoms with Crippen molar-refractivity contribution in [2.45, 2.75) is 18.2 Å². The number of rotatable bonds is 4. The van der Waals surface area contributed by atoms with Crippen LogP contribution in [0.1, 0.15) is 16.8 Å². The number of nitrogens with zero attached hydrogens (tertiary/aromatic N) is 1. The van der Waals surface area contributed by atoms with Crippen LogP contribution in [-0.2, 0) is 16.4 Å². The summed E-state index contributed by atoms with van der Waals surface area (Å²) in [5.41, 5.74) is 4.22. The maximum Gasteiger partial charge on any atom is 0.268 e. The Kier molecular flexibility index (Phi) is 4.96. The third-order valence-corrected chi connectivity index (χ3v) is 8.27. The van der Waals surface area contributed by atoms with Gasteiger partial charge in [-0.05, 0) is 54.4 Å². The quantitative estimate of drug-likeness (QED) is 0.292. The highest BCUT2D eigenvalue weighted by Gasteiger charge is 2.26. The number of H-pyrrole nitrogens is 1. The molecule has 0 fully saturated rings. The summed E-state index contributed by atoms with van der Waals surface area (Å²) in [4.78, 5) is 3.48. The highest BCUT2D eigenvalue weighted by molar-refractivity contribution is 9.10. The van der Waals surface area contributed by atoms with Gasteiger partial charge in [0.1, 0.15) is 0 Å². The summed E-state index contributed by atoms with van der Waals surface area (Å²) >= 11 is 9.71. The summed E-state index contributed by atoms with van der Waals surface area (Å²) in [6.07, 6.45) is 2.36. The van der Waals surface area contributed by atoms with E-state index in [1.54, 1.807) is 24.3 Å². The minimum Gasteiger partial charge on any atom is -0.360 e. The fraction of sp³-hybridized carbons (Fsp3) is 0.0833. The Labute approximate surface area is 193 Å². The van der Waals surface area contributed by atoms with Crippen molar-refractivity contribution in [2.24, 2.45) is 0 Å². The SMILES string of the molecule is Cc1c(Cc2c[nH]c3c(Cl)cccc23)n(S(=O)(=O)c2ccc(Br)cc2)c2ccccc12. The zero-order valence-electron chi connectivity index (χ0n) is 16.6. The highest BCUT2D eigenvalue weighted by Crippen LogP contribution is 2.34. The van der Waals surface area contributed by atoms with Crippen molar-refractivity contribution >= 4 is 59.4 Å². The van der Waals surface area contributed by atoms with Gasteiger partial charge in [-0.2, -0.15) is 0 Å². The molecule has 4 nitrogen and oxygen atoms in total. The minimum absolute atomic E-state index is 0.250. The van der Waals surface area contributed by atoms with Gasteiger partial charge in [-0.3, -0.25) is 0 Å². The Bertz CT molecular complexity index is 1550. The lowest BCUT2D eigenvalue weighted by molar-refractivity contribution is 0.587. The molecule has 0 saturated heterocycles. The number of benzene rings is 3. The third-order valence-electron chi connectivity index (χ3n) is 5.66. The van der Waals surface area contributed by atoms with Crippen LogP contribution in [0.5, 0.6) is 0 Å². The van der Waals surface area contributed by atoms with E-state index >= 15 is 0 Å². The van der Waals surface area contributed by atoms with Crippen LogP contribution in [0.3, 0.4) is 0 Å². The molecule has 0 aliphatic heterocycles. The van der Waals surface area contributed by atoms with Gasteiger partial charge in [0.2, 0.25) is 0 Å². The number of hydrogen-bond donors (Lipinski definition) is 1. The summed E-state index contributed by atoms with van der Waals surface area (Å²) in [5.74, 6) is 0. The number of hydrogen-bond acceptors (Lipinski definition) is 2. The van der Waals surface area contributed by atoms with Gasteiger partial charge in [-0.15, -0.1) is 0 Å². The average Bonchev–Trinajstić information content (AvgIpc) is 3.29. The number of fused-ring (bicyclic) bond motifs is 2. The fourth-order valence-electron chi connectivity index (χ4n) is 4.11. The van der Waals surface area contributed by atoms with E-state index in [-0.39, 0.29) is 4.90 Å². The minimum atomic E-state index is -3.80. The largest absolute Gasteiger partial charge is 0.360 e. The lowest BCUT2D eigenvalue weighted by Gasteiger charge is -2.13. The molecule has 0 atom stereocenters. The Morgan fingerprint density at radius 2 is 1.68 bits per heavy atom. The van der Waals surface area contributed by atoms with Gasteiger partial charge < -0.3 is 4.98 Å². The maximum atomic E-state index is 13.8. The second kappa shape index (κ2) is 7.55. The molecule has 1 N–H and O–H groups in total. The van der Waals surface area contributed by atoms with Gasteiger partial charge in [0.25, 0.3) is 10.0 Å². The second-order valence-electron chi connectivity index (χ2n) is 7.47. The van der Waals surface area contributed by atoms with Crippen LogP contribution in [0.25, 0.3) is 21.8 Å². The normalized spacial score (nSPS) is 12.1. The molecular weight excluding hydrogens is 496 g/mol. The summed E-state index contributed by atoms with van der Waals surface area (Å²) in [5, 5.41) is 2.56. The zero-order chi connectivity index (χ0) is 21.8. The van der Waals surface area contributed by atoms with E-state index in [0.29, 0.717) is 17.0 Å². The first kappa shape index (κ1) is 20.4. The van der Waals surface area contributed by atoms with E-state index in [1.807, 2.05) is 55.6 Å². The van der Waals surface area contributed by atoms with Crippen LogP contribution in [0, 0.1) is 6.92 Å². The Morgan fingerprint density at radius 1 is 0.968 bits per heavy atom. The molecule has 0 amide bonds. The Morgan fingerprint density at radius 3 is 2.45 bits per heavy atom. The van der Waals surface area contributed by atoms with Crippen LogP contribution < -0.4 is 0 Å². The highest BCUT2D eigenvalue weighted by atomic mass is 79.9. The molecule has 5 aromatic rings. The van der Waals surface area contributed by atoms with Gasteiger partial charge in [0.05, 0.1) is 21.0 Å². The van der Waals surface area contributed by atoms with Gasteiger partial charge in [0.15, 0.2) is 0 Å². The van der Waals surface area contributed by atoms with Crippen LogP contribution in [0.2, 0.25) is 5.02 Å². The van der Waals surface area contributed by atoms with Gasteiger partial charge >= 0.3 is 0 Å². The van der Waals surface area contributed by atoms with Crippen LogP contribution >= 0.6 is 27.5 Å². The van der Waals surface area contributed by atoms with Crippen LogP contribution in [-0.4, -0.2) is 17.4 Å². The molecule has 2 aromatic heterocycles. The molecule has 0 unspecified atom stereocenters. The first-order valence-electron chi connectivity index (χ1n) is 9.72. The Balaban J connectivity index is 1.76. The number of aryl methyl sites for hydroxylation is 1. The van der Waals surface area contributed by atoms with Gasteiger partial charge in [0, 0.05) is 33.6 Å². The predicted octanol–water partition coefficient (Wildman–Crippen LogP) is 6.67. The molecule has 5 rings (SSSR count). The number of halogens is 2. The lowest BCUT2D eigenvalue weighted by atomic mass is 10.1. The molecule has 3 aromatic carbocycles. The number of nitrogens with one attached hydrogen (secondary N) is 1. The van der Waals surface area contributed by atoms with E-state index in [0.717, 1.165) is 37.6 Å². The summed E-state index contributed by atoms with van der Waals surface area (Å²) in [6.45, 7) is 1.98. The number of para-hydroxylation sites is 2. The first-order chi connectivity index (χ1) is 14.9. The molecule has 0 radical (unpaired) electrons. The van der Waals surface area contributed by atoms with Crippen molar-refractivity contribution in [3.05, 3.63) is 99.2 Å². The van der Waals surface area contributed by atoms with E-state index < -0.39 is 10.0 Å². The van der Waals surface area contributed by atoms with E-state index in [1.165, 1.54) is 3.97 Å². The van der Waals surface area contributed by atoms with Crippen molar-refractivity contribution in [1.82, 2.24) is 8.96 Å². The van der Waals surface area contributed by atoms with Crippen molar-refractivity contribution < 1.29 is 8.42 Å². The van der Waals surface area contributed by atoms with Gasteiger partial charge in [-0.1, -0.05) is 57.9 Å². The molecule has 31 heavy (non-hydrogen) atoms. The van der Waals surface area contributed by atoms with Crippen molar-refractivity contribution in [1.29, 1.82) is 0 Å². The molecule has 0 bridgehead atoms. The van der Waals surface area contributed by atoms with Gasteiger partial charge in [-0.25, -0.2) is 12.4 Å². The van der Waals surface area contributed by atoms with Crippen LogP contribution in [0.4, 0.5) is 0 Å². The molecule has 0 saturated carbocycles. The molecular formula is C24H18BrClN2O2S. The number of aromatic amines is 1. The molecule has 0 spiro atoms. The third kappa shape index (κ3) is 3.30. The topological polar surface area (TPSA) is 54.9 Å². The average molecular weight is 514 g/mol. The zero-order valence-corrected chi connectivity index (χ0v) is 19.7. The van der Waals surface area contributed by atoms with Crippen molar-refractivity contribution in [3.63, 3.8) is 0 Å². The van der Waals surface area contributed by atoms with E-state index in [2.05, 4.69) is 20.9 Å². The van der Waals surface area contributed by atoms with E-state index in [4.69, 9.17) is 11.6 Å². The van der Waals surface area contributed by atoms with E-state index in [9.17, 15) is 8.42 Å². The summed E-state index contributed by atoms with van der Waals surface area (Å²) in [6, 6.07) is 20.1. The predicted molar refractivity (Wildman–Crippen MR) is 130 cm³/mol. The molecule has 0 aliphatic rings. The maximum absolute atomic E-state index is 13.8. The Hall–Kier alpha value is -2.54. The summed E-state index contributed by atoms with van der Waals surface area (Å²) in [7, 11) is -3.80. The van der Waals surface area contributed by atoms with Crippen molar-refractivity contribution in [3.8, 4) is 0 Å². The first-order valence-corrected chi connectivity index (χ1v) is 12.3. The van der Waals surface area contributed by atoms with Crippen LogP contribution in [0.15, 0.2) is 82.3 Å².